The molecule has 116 valence electrons. The Morgan fingerprint density at radius 1 is 0.917 bits per heavy atom. The van der Waals surface area contributed by atoms with Crippen molar-refractivity contribution in [3.63, 3.8) is 0 Å². The van der Waals surface area contributed by atoms with Crippen molar-refractivity contribution >= 4 is 49.7 Å². The molecule has 0 atom stereocenters. The average molecular weight is 377 g/mol. The van der Waals surface area contributed by atoms with Crippen molar-refractivity contribution in [2.24, 2.45) is 0 Å². The van der Waals surface area contributed by atoms with E-state index in [1.54, 1.807) is 12.1 Å². The first-order chi connectivity index (χ1) is 11.7. The predicted molar refractivity (Wildman–Crippen MR) is 101 cm³/mol. The van der Waals surface area contributed by atoms with Crippen LogP contribution in [0, 0.1) is 0 Å². The summed E-state index contributed by atoms with van der Waals surface area (Å²) in [5.41, 5.74) is 3.20. The van der Waals surface area contributed by atoms with Crippen LogP contribution in [0.3, 0.4) is 0 Å². The number of carbonyl (C=O) groups is 1. The van der Waals surface area contributed by atoms with E-state index in [1.165, 1.54) is 0 Å². The Balaban J connectivity index is 1.75. The molecule has 0 saturated heterocycles. The molecule has 0 N–H and O–H groups in total. The first kappa shape index (κ1) is 14.9. The highest BCUT2D eigenvalue weighted by Gasteiger charge is 2.09. The molecule has 0 amide bonds. The lowest BCUT2D eigenvalue weighted by molar-refractivity contribution is 0.104. The molecule has 0 spiro atoms. The van der Waals surface area contributed by atoms with Crippen molar-refractivity contribution in [3.8, 4) is 0 Å². The van der Waals surface area contributed by atoms with E-state index in [9.17, 15) is 4.79 Å². The maximum Gasteiger partial charge on any atom is 0.185 e. The molecule has 0 aliphatic heterocycles. The van der Waals surface area contributed by atoms with Crippen molar-refractivity contribution < 1.29 is 9.21 Å². The molecule has 3 aromatic carbocycles. The van der Waals surface area contributed by atoms with Crippen LogP contribution in [0.1, 0.15) is 15.9 Å². The Labute approximate surface area is 147 Å². The molecule has 0 aliphatic carbocycles. The summed E-state index contributed by atoms with van der Waals surface area (Å²) in [5, 5.41) is 2.14. The lowest BCUT2D eigenvalue weighted by Crippen LogP contribution is -1.93. The molecular formula is C21H13BrO2. The highest BCUT2D eigenvalue weighted by atomic mass is 79.9. The molecule has 0 unspecified atom stereocenters. The Morgan fingerprint density at radius 2 is 1.71 bits per heavy atom. The van der Waals surface area contributed by atoms with E-state index in [0.29, 0.717) is 5.56 Å². The van der Waals surface area contributed by atoms with Crippen LogP contribution in [0.4, 0.5) is 0 Å². The minimum absolute atomic E-state index is 0.0376. The lowest BCUT2D eigenvalue weighted by Gasteiger charge is -1.98. The van der Waals surface area contributed by atoms with Gasteiger partial charge < -0.3 is 4.42 Å². The van der Waals surface area contributed by atoms with Crippen LogP contribution >= 0.6 is 15.9 Å². The molecule has 4 rings (SSSR count). The number of para-hydroxylation sites is 2. The van der Waals surface area contributed by atoms with Gasteiger partial charge in [0.05, 0.1) is 0 Å². The standard InChI is InChI=1S/C21H13BrO2/c22-16-7-3-6-15(13-16)19(23)12-11-14-5-4-9-18-17-8-1-2-10-20(17)24-21(14)18/h1-13H/b12-11+. The number of fused-ring (bicyclic) bond motifs is 3. The highest BCUT2D eigenvalue weighted by molar-refractivity contribution is 9.10. The number of carbonyl (C=O) groups excluding carboxylic acids is 1. The second kappa shape index (κ2) is 6.10. The third kappa shape index (κ3) is 2.68. The first-order valence-corrected chi connectivity index (χ1v) is 8.40. The number of hydrogen-bond donors (Lipinski definition) is 0. The van der Waals surface area contributed by atoms with E-state index in [-0.39, 0.29) is 5.78 Å². The summed E-state index contributed by atoms with van der Waals surface area (Å²) in [6.45, 7) is 0. The zero-order valence-corrected chi connectivity index (χ0v) is 14.3. The van der Waals surface area contributed by atoms with Crippen LogP contribution in [0.5, 0.6) is 0 Å². The highest BCUT2D eigenvalue weighted by Crippen LogP contribution is 2.31. The molecule has 0 radical (unpaired) electrons. The average Bonchev–Trinajstić information content (AvgIpc) is 2.99. The van der Waals surface area contributed by atoms with Crippen LogP contribution in [-0.2, 0) is 0 Å². The normalized spacial score (nSPS) is 11.5. The molecule has 0 fully saturated rings. The van der Waals surface area contributed by atoms with Gasteiger partial charge in [0, 0.05) is 26.4 Å². The van der Waals surface area contributed by atoms with Crippen LogP contribution in [0.15, 0.2) is 81.7 Å². The summed E-state index contributed by atoms with van der Waals surface area (Å²) in [6.07, 6.45) is 3.40. The van der Waals surface area contributed by atoms with Gasteiger partial charge in [-0.15, -0.1) is 0 Å². The second-order valence-corrected chi connectivity index (χ2v) is 6.45. The van der Waals surface area contributed by atoms with Crippen molar-refractivity contribution in [2.45, 2.75) is 0 Å². The number of allylic oxidation sites excluding steroid dienone is 1. The van der Waals surface area contributed by atoms with Gasteiger partial charge in [-0.05, 0) is 30.4 Å². The number of furan rings is 1. The van der Waals surface area contributed by atoms with Crippen molar-refractivity contribution in [3.05, 3.63) is 88.4 Å². The maximum absolute atomic E-state index is 12.3. The fourth-order valence-corrected chi connectivity index (χ4v) is 3.20. The third-order valence-electron chi connectivity index (χ3n) is 3.96. The molecule has 3 heteroatoms. The summed E-state index contributed by atoms with van der Waals surface area (Å²) in [6, 6.07) is 21.3. The number of rotatable bonds is 3. The van der Waals surface area contributed by atoms with Gasteiger partial charge in [0.2, 0.25) is 0 Å². The number of hydrogen-bond acceptors (Lipinski definition) is 2. The minimum Gasteiger partial charge on any atom is -0.455 e. The second-order valence-electron chi connectivity index (χ2n) is 5.53. The molecule has 0 saturated carbocycles. The Kier molecular flexibility index (Phi) is 3.79. The maximum atomic E-state index is 12.3. The predicted octanol–water partition coefficient (Wildman–Crippen LogP) is 6.24. The largest absolute Gasteiger partial charge is 0.455 e. The van der Waals surface area contributed by atoms with Gasteiger partial charge in [0.1, 0.15) is 11.2 Å². The smallest absolute Gasteiger partial charge is 0.185 e. The van der Waals surface area contributed by atoms with Crippen LogP contribution in [0.2, 0.25) is 0 Å². The fraction of sp³-hybridized carbons (Fsp3) is 0. The fourth-order valence-electron chi connectivity index (χ4n) is 2.80. The minimum atomic E-state index is -0.0376. The third-order valence-corrected chi connectivity index (χ3v) is 4.45. The van der Waals surface area contributed by atoms with Crippen molar-refractivity contribution in [2.75, 3.05) is 0 Å². The molecular weight excluding hydrogens is 364 g/mol. The summed E-state index contributed by atoms with van der Waals surface area (Å²) >= 11 is 3.39. The van der Waals surface area contributed by atoms with E-state index < -0.39 is 0 Å². The topological polar surface area (TPSA) is 30.2 Å². The molecule has 0 aliphatic rings. The van der Waals surface area contributed by atoms with Gasteiger partial charge in [-0.1, -0.05) is 64.5 Å². The van der Waals surface area contributed by atoms with Crippen LogP contribution in [0.25, 0.3) is 28.0 Å². The van der Waals surface area contributed by atoms with E-state index in [4.69, 9.17) is 4.42 Å². The lowest BCUT2D eigenvalue weighted by atomic mass is 10.1. The van der Waals surface area contributed by atoms with E-state index >= 15 is 0 Å². The Morgan fingerprint density at radius 3 is 2.58 bits per heavy atom. The summed E-state index contributed by atoms with van der Waals surface area (Å²) < 4.78 is 6.86. The van der Waals surface area contributed by atoms with Crippen molar-refractivity contribution in [1.29, 1.82) is 0 Å². The summed E-state index contributed by atoms with van der Waals surface area (Å²) in [4.78, 5) is 12.3. The zero-order valence-electron chi connectivity index (χ0n) is 12.7. The van der Waals surface area contributed by atoms with Gasteiger partial charge in [-0.2, -0.15) is 0 Å². The van der Waals surface area contributed by atoms with E-state index in [2.05, 4.69) is 15.9 Å². The van der Waals surface area contributed by atoms with Crippen LogP contribution < -0.4 is 0 Å². The number of benzene rings is 3. The monoisotopic (exact) mass is 376 g/mol. The Bertz CT molecular complexity index is 1090. The molecule has 2 nitrogen and oxygen atoms in total. The molecule has 24 heavy (non-hydrogen) atoms. The Hall–Kier alpha value is -2.65. The first-order valence-electron chi connectivity index (χ1n) is 7.60. The molecule has 0 bridgehead atoms. The zero-order chi connectivity index (χ0) is 16.5. The summed E-state index contributed by atoms with van der Waals surface area (Å²) in [5.74, 6) is -0.0376. The van der Waals surface area contributed by atoms with Gasteiger partial charge >= 0.3 is 0 Å². The van der Waals surface area contributed by atoms with E-state index in [1.807, 2.05) is 66.7 Å². The number of ketones is 1. The number of halogens is 1. The van der Waals surface area contributed by atoms with Gasteiger partial charge in [0.25, 0.3) is 0 Å². The van der Waals surface area contributed by atoms with Gasteiger partial charge in [0.15, 0.2) is 5.78 Å². The molecule has 1 aromatic heterocycles. The molecule has 1 heterocycles. The van der Waals surface area contributed by atoms with E-state index in [0.717, 1.165) is 32.0 Å². The summed E-state index contributed by atoms with van der Waals surface area (Å²) in [7, 11) is 0. The van der Waals surface area contributed by atoms with Crippen molar-refractivity contribution in [1.82, 2.24) is 0 Å². The SMILES string of the molecule is O=C(/C=C/c1cccc2c1oc1ccccc12)c1cccc(Br)c1. The van der Waals surface area contributed by atoms with Gasteiger partial charge in [-0.3, -0.25) is 4.79 Å². The quantitative estimate of drug-likeness (QED) is 0.312. The van der Waals surface area contributed by atoms with Gasteiger partial charge in [-0.25, -0.2) is 0 Å². The van der Waals surface area contributed by atoms with Crippen LogP contribution in [-0.4, -0.2) is 5.78 Å². The molecule has 4 aromatic rings.